The van der Waals surface area contributed by atoms with Gasteiger partial charge in [0.05, 0.1) is 23.4 Å². The number of hydrogen-bond donors (Lipinski definition) is 2. The van der Waals surface area contributed by atoms with E-state index in [-0.39, 0.29) is 24.5 Å². The first-order valence-electron chi connectivity index (χ1n) is 8.31. The molecule has 0 aliphatic carbocycles. The molecule has 0 radical (unpaired) electrons. The first-order valence-corrected chi connectivity index (χ1v) is 8.31. The molecular weight excluding hydrogens is 356 g/mol. The maximum Gasteiger partial charge on any atom is 0.361 e. The molecule has 27 heavy (non-hydrogen) atoms. The summed E-state index contributed by atoms with van der Waals surface area (Å²) in [5.41, 5.74) is 0.264. The summed E-state index contributed by atoms with van der Waals surface area (Å²) in [5.74, 6) is -2.40. The Bertz CT molecular complexity index is 961. The second kappa shape index (κ2) is 8.05. The van der Waals surface area contributed by atoms with Gasteiger partial charge in [0.2, 0.25) is 0 Å². The Balaban J connectivity index is 1.95. The van der Waals surface area contributed by atoms with Crippen molar-refractivity contribution in [1.82, 2.24) is 10.2 Å². The van der Waals surface area contributed by atoms with Gasteiger partial charge in [-0.05, 0) is 25.1 Å². The van der Waals surface area contributed by atoms with Crippen LogP contribution in [-0.2, 0) is 4.74 Å². The van der Waals surface area contributed by atoms with Crippen LogP contribution in [0.4, 0.5) is 14.5 Å². The number of aliphatic hydroxyl groups excluding tert-OH is 1. The van der Waals surface area contributed by atoms with Gasteiger partial charge in [0, 0.05) is 11.9 Å². The molecule has 1 aromatic heterocycles. The number of hydrogen-bond acceptors (Lipinski definition) is 6. The van der Waals surface area contributed by atoms with Crippen molar-refractivity contribution in [2.75, 3.05) is 18.5 Å². The summed E-state index contributed by atoms with van der Waals surface area (Å²) in [4.78, 5) is 12.2. The van der Waals surface area contributed by atoms with Gasteiger partial charge in [-0.1, -0.05) is 24.3 Å². The summed E-state index contributed by atoms with van der Waals surface area (Å²) in [6, 6.07) is 10.3. The van der Waals surface area contributed by atoms with Crippen LogP contribution in [0.5, 0.6) is 0 Å². The number of anilines is 1. The minimum Gasteiger partial charge on any atom is -0.461 e. The molecule has 0 fully saturated rings. The highest BCUT2D eigenvalue weighted by molar-refractivity contribution is 6.03. The van der Waals surface area contributed by atoms with E-state index < -0.39 is 29.3 Å². The van der Waals surface area contributed by atoms with E-state index in [1.165, 1.54) is 6.07 Å². The van der Waals surface area contributed by atoms with Crippen LogP contribution in [0.2, 0.25) is 0 Å². The Kier molecular flexibility index (Phi) is 5.56. The van der Waals surface area contributed by atoms with Gasteiger partial charge < -0.3 is 15.2 Å². The van der Waals surface area contributed by atoms with Gasteiger partial charge >= 0.3 is 5.97 Å². The zero-order valence-electron chi connectivity index (χ0n) is 14.4. The van der Waals surface area contributed by atoms with Crippen LogP contribution in [0.1, 0.15) is 29.1 Å². The third-order valence-electron chi connectivity index (χ3n) is 3.94. The normalized spacial score (nSPS) is 12.0. The molecule has 1 atom stereocenters. The van der Waals surface area contributed by atoms with Crippen molar-refractivity contribution in [3.8, 4) is 0 Å². The molecule has 0 saturated carbocycles. The number of halogens is 2. The summed E-state index contributed by atoms with van der Waals surface area (Å²) < 4.78 is 32.7. The molecule has 0 bridgehead atoms. The Hall–Kier alpha value is -3.13. The highest BCUT2D eigenvalue weighted by Gasteiger charge is 2.22. The first kappa shape index (κ1) is 18.7. The van der Waals surface area contributed by atoms with Crippen LogP contribution in [0, 0.1) is 11.6 Å². The fourth-order valence-electron chi connectivity index (χ4n) is 2.70. The quantitative estimate of drug-likeness (QED) is 0.646. The van der Waals surface area contributed by atoms with Gasteiger partial charge in [-0.25, -0.2) is 13.6 Å². The van der Waals surface area contributed by atoms with Crippen LogP contribution in [0.15, 0.2) is 42.5 Å². The van der Waals surface area contributed by atoms with E-state index in [0.717, 1.165) is 12.1 Å². The predicted octanol–water partition coefficient (Wildman–Crippen LogP) is 3.23. The number of carbonyl (C=O) groups excluding carboxylic acids is 1. The van der Waals surface area contributed by atoms with Crippen LogP contribution in [0.25, 0.3) is 10.9 Å². The van der Waals surface area contributed by atoms with Gasteiger partial charge in [-0.3, -0.25) is 0 Å². The van der Waals surface area contributed by atoms with Crippen molar-refractivity contribution < 1.29 is 23.4 Å². The molecule has 2 N–H and O–H groups in total. The van der Waals surface area contributed by atoms with Crippen molar-refractivity contribution >= 4 is 22.6 Å². The molecule has 1 heterocycles. The average molecular weight is 373 g/mol. The lowest BCUT2D eigenvalue weighted by Crippen LogP contribution is -2.19. The van der Waals surface area contributed by atoms with Crippen LogP contribution in [0.3, 0.4) is 0 Å². The molecule has 0 aliphatic rings. The maximum atomic E-state index is 13.9. The molecule has 140 valence electrons. The molecule has 8 heteroatoms. The van der Waals surface area contributed by atoms with E-state index >= 15 is 0 Å². The number of rotatable bonds is 6. The van der Waals surface area contributed by atoms with E-state index in [0.29, 0.717) is 10.9 Å². The first-order chi connectivity index (χ1) is 13.0. The Labute approximate surface area is 153 Å². The minimum atomic E-state index is -1.48. The lowest BCUT2D eigenvalue weighted by Gasteiger charge is -2.17. The number of esters is 1. The van der Waals surface area contributed by atoms with Gasteiger partial charge in [0.15, 0.2) is 5.69 Å². The van der Waals surface area contributed by atoms with Crippen LogP contribution < -0.4 is 5.32 Å². The summed E-state index contributed by atoms with van der Waals surface area (Å²) in [7, 11) is 0. The number of aromatic nitrogens is 2. The van der Waals surface area contributed by atoms with E-state index in [2.05, 4.69) is 15.5 Å². The van der Waals surface area contributed by atoms with Crippen LogP contribution >= 0.6 is 0 Å². The monoisotopic (exact) mass is 373 g/mol. The minimum absolute atomic E-state index is 0.0724. The molecule has 0 spiro atoms. The number of fused-ring (bicyclic) bond motifs is 1. The SMILES string of the molecule is CCOC(=O)c1nnc2ccccc2c1NCC(O)c1c(F)cccc1F. The molecule has 0 amide bonds. The van der Waals surface area contributed by atoms with E-state index in [1.54, 1.807) is 31.2 Å². The summed E-state index contributed by atoms with van der Waals surface area (Å²) >= 11 is 0. The third kappa shape index (κ3) is 3.85. The highest BCUT2D eigenvalue weighted by atomic mass is 19.1. The fraction of sp³-hybridized carbons (Fsp3) is 0.211. The molecule has 6 nitrogen and oxygen atoms in total. The van der Waals surface area contributed by atoms with Gasteiger partial charge in [-0.2, -0.15) is 0 Å². The molecule has 1 unspecified atom stereocenters. The third-order valence-corrected chi connectivity index (χ3v) is 3.94. The number of nitrogens with zero attached hydrogens (tertiary/aromatic N) is 2. The summed E-state index contributed by atoms with van der Waals surface area (Å²) in [6.45, 7) is 1.56. The number of benzene rings is 2. The topological polar surface area (TPSA) is 84.3 Å². The van der Waals surface area contributed by atoms with Crippen molar-refractivity contribution in [1.29, 1.82) is 0 Å². The van der Waals surface area contributed by atoms with E-state index in [1.807, 2.05) is 0 Å². The van der Waals surface area contributed by atoms with Crippen molar-refractivity contribution in [3.63, 3.8) is 0 Å². The largest absolute Gasteiger partial charge is 0.461 e. The molecular formula is C19H17F2N3O3. The number of carbonyl (C=O) groups is 1. The van der Waals surface area contributed by atoms with Crippen LogP contribution in [-0.4, -0.2) is 34.4 Å². The molecule has 0 saturated heterocycles. The number of ether oxygens (including phenoxy) is 1. The second-order valence-corrected chi connectivity index (χ2v) is 5.69. The zero-order chi connectivity index (χ0) is 19.4. The van der Waals surface area contributed by atoms with Crippen molar-refractivity contribution in [3.05, 3.63) is 65.4 Å². The van der Waals surface area contributed by atoms with E-state index in [4.69, 9.17) is 4.74 Å². The predicted molar refractivity (Wildman–Crippen MR) is 95.3 cm³/mol. The maximum absolute atomic E-state index is 13.9. The number of nitrogens with one attached hydrogen (secondary N) is 1. The van der Waals surface area contributed by atoms with Gasteiger partial charge in [-0.15, -0.1) is 10.2 Å². The molecule has 3 rings (SSSR count). The van der Waals surface area contributed by atoms with Gasteiger partial charge in [0.1, 0.15) is 17.7 Å². The highest BCUT2D eigenvalue weighted by Crippen LogP contribution is 2.27. The average Bonchev–Trinajstić information content (AvgIpc) is 2.66. The van der Waals surface area contributed by atoms with E-state index in [9.17, 15) is 18.7 Å². The van der Waals surface area contributed by atoms with Gasteiger partial charge in [0.25, 0.3) is 0 Å². The lowest BCUT2D eigenvalue weighted by atomic mass is 10.1. The fourth-order valence-corrected chi connectivity index (χ4v) is 2.70. The number of aliphatic hydroxyl groups is 1. The Morgan fingerprint density at radius 2 is 1.85 bits per heavy atom. The summed E-state index contributed by atoms with van der Waals surface area (Å²) in [5, 5.41) is 21.6. The lowest BCUT2D eigenvalue weighted by molar-refractivity contribution is 0.0519. The standard InChI is InChI=1S/C19H17F2N3O3/c1-2-27-19(26)18-17(11-6-3-4-9-14(11)23-24-18)22-10-15(25)16-12(20)7-5-8-13(16)21/h3-9,15,25H,2,10H2,1H3,(H,22,23). The summed E-state index contributed by atoms with van der Waals surface area (Å²) in [6.07, 6.45) is -1.48. The smallest absolute Gasteiger partial charge is 0.361 e. The van der Waals surface area contributed by atoms with Crippen molar-refractivity contribution in [2.45, 2.75) is 13.0 Å². The molecule has 2 aromatic carbocycles. The zero-order valence-corrected chi connectivity index (χ0v) is 14.4. The van der Waals surface area contributed by atoms with Crippen molar-refractivity contribution in [2.24, 2.45) is 0 Å². The Morgan fingerprint density at radius 1 is 1.15 bits per heavy atom. The molecule has 3 aromatic rings. The Morgan fingerprint density at radius 3 is 2.56 bits per heavy atom. The molecule has 0 aliphatic heterocycles. The second-order valence-electron chi connectivity index (χ2n) is 5.69.